The minimum absolute atomic E-state index is 0.985. The van der Waals surface area contributed by atoms with Gasteiger partial charge in [0, 0.05) is 17.5 Å². The molecule has 3 heteroatoms. The van der Waals surface area contributed by atoms with Crippen LogP contribution < -0.4 is 5.32 Å². The summed E-state index contributed by atoms with van der Waals surface area (Å²) in [5.41, 5.74) is 6.29. The standard InChI is InChI=1S/C15H20N2S/c1-5-6-16-15-17-13(9-18-15)14-11(3)7-10(2)8-12(14)4/h7-9H,5-6H2,1-4H3,(H,16,17). The van der Waals surface area contributed by atoms with Crippen LogP contribution in [0.5, 0.6) is 0 Å². The summed E-state index contributed by atoms with van der Waals surface area (Å²) >= 11 is 1.68. The molecule has 0 spiro atoms. The van der Waals surface area contributed by atoms with Crippen molar-refractivity contribution in [3.63, 3.8) is 0 Å². The SMILES string of the molecule is CCCNc1nc(-c2c(C)cc(C)cc2C)cs1. The van der Waals surface area contributed by atoms with Crippen LogP contribution in [0.1, 0.15) is 30.0 Å². The van der Waals surface area contributed by atoms with Gasteiger partial charge < -0.3 is 5.32 Å². The van der Waals surface area contributed by atoms with Crippen LogP contribution in [0.15, 0.2) is 17.5 Å². The van der Waals surface area contributed by atoms with Gasteiger partial charge in [-0.3, -0.25) is 0 Å². The van der Waals surface area contributed by atoms with Gasteiger partial charge in [0.2, 0.25) is 0 Å². The van der Waals surface area contributed by atoms with Crippen LogP contribution in [0.4, 0.5) is 5.13 Å². The van der Waals surface area contributed by atoms with Gasteiger partial charge in [0.25, 0.3) is 0 Å². The van der Waals surface area contributed by atoms with E-state index in [-0.39, 0.29) is 0 Å². The second-order valence-corrected chi connectivity index (χ2v) is 5.60. The van der Waals surface area contributed by atoms with Crippen molar-refractivity contribution in [3.8, 4) is 11.3 Å². The number of rotatable bonds is 4. The zero-order chi connectivity index (χ0) is 13.1. The van der Waals surface area contributed by atoms with E-state index in [2.05, 4.69) is 55.5 Å². The van der Waals surface area contributed by atoms with Crippen molar-refractivity contribution in [2.24, 2.45) is 0 Å². The topological polar surface area (TPSA) is 24.9 Å². The molecule has 0 aliphatic heterocycles. The van der Waals surface area contributed by atoms with Crippen LogP contribution in [0, 0.1) is 20.8 Å². The van der Waals surface area contributed by atoms with Gasteiger partial charge in [0.1, 0.15) is 0 Å². The van der Waals surface area contributed by atoms with Crippen LogP contribution in [-0.2, 0) is 0 Å². The minimum atomic E-state index is 0.985. The molecular formula is C15H20N2S. The zero-order valence-corrected chi connectivity index (χ0v) is 12.3. The number of aromatic nitrogens is 1. The third kappa shape index (κ3) is 2.72. The van der Waals surface area contributed by atoms with Gasteiger partial charge in [-0.25, -0.2) is 4.98 Å². The Morgan fingerprint density at radius 1 is 1.17 bits per heavy atom. The molecule has 2 nitrogen and oxygen atoms in total. The normalized spacial score (nSPS) is 10.7. The van der Waals surface area contributed by atoms with Crippen molar-refractivity contribution in [2.75, 3.05) is 11.9 Å². The highest BCUT2D eigenvalue weighted by atomic mass is 32.1. The van der Waals surface area contributed by atoms with E-state index < -0.39 is 0 Å². The molecule has 0 fully saturated rings. The van der Waals surface area contributed by atoms with Gasteiger partial charge in [-0.15, -0.1) is 11.3 Å². The molecule has 1 aromatic carbocycles. The van der Waals surface area contributed by atoms with Gasteiger partial charge in [0.05, 0.1) is 5.69 Å². The Bertz CT molecular complexity index is 520. The number of aryl methyl sites for hydroxylation is 3. The number of hydrogen-bond acceptors (Lipinski definition) is 3. The lowest BCUT2D eigenvalue weighted by molar-refractivity contribution is 0.976. The molecule has 96 valence electrons. The summed E-state index contributed by atoms with van der Waals surface area (Å²) in [5.74, 6) is 0. The quantitative estimate of drug-likeness (QED) is 0.872. The second kappa shape index (κ2) is 5.53. The van der Waals surface area contributed by atoms with Crippen molar-refractivity contribution in [2.45, 2.75) is 34.1 Å². The Morgan fingerprint density at radius 3 is 2.44 bits per heavy atom. The lowest BCUT2D eigenvalue weighted by atomic mass is 9.98. The van der Waals surface area contributed by atoms with E-state index in [0.29, 0.717) is 0 Å². The maximum absolute atomic E-state index is 4.68. The highest BCUT2D eigenvalue weighted by molar-refractivity contribution is 7.14. The molecule has 0 atom stereocenters. The van der Waals surface area contributed by atoms with Crippen LogP contribution in [0.3, 0.4) is 0 Å². The maximum atomic E-state index is 4.68. The lowest BCUT2D eigenvalue weighted by Crippen LogP contribution is -1.99. The summed E-state index contributed by atoms with van der Waals surface area (Å²) in [4.78, 5) is 4.68. The first-order valence-corrected chi connectivity index (χ1v) is 7.27. The largest absolute Gasteiger partial charge is 0.362 e. The first kappa shape index (κ1) is 13.1. The fraction of sp³-hybridized carbons (Fsp3) is 0.400. The fourth-order valence-corrected chi connectivity index (χ4v) is 3.02. The van der Waals surface area contributed by atoms with E-state index in [9.17, 15) is 0 Å². The highest BCUT2D eigenvalue weighted by Crippen LogP contribution is 2.30. The molecule has 0 amide bonds. The van der Waals surface area contributed by atoms with Crippen LogP contribution in [0.2, 0.25) is 0 Å². The van der Waals surface area contributed by atoms with E-state index in [4.69, 9.17) is 0 Å². The monoisotopic (exact) mass is 260 g/mol. The molecule has 18 heavy (non-hydrogen) atoms. The van der Waals surface area contributed by atoms with Crippen LogP contribution >= 0.6 is 11.3 Å². The number of anilines is 1. The molecule has 0 saturated heterocycles. The Kier molecular flexibility index (Phi) is 4.02. The first-order valence-electron chi connectivity index (χ1n) is 6.39. The first-order chi connectivity index (χ1) is 8.61. The van der Waals surface area contributed by atoms with E-state index in [1.807, 2.05) is 0 Å². The molecule has 2 aromatic rings. The summed E-state index contributed by atoms with van der Waals surface area (Å²) in [6.45, 7) is 9.61. The summed E-state index contributed by atoms with van der Waals surface area (Å²) in [6.07, 6.45) is 1.12. The highest BCUT2D eigenvalue weighted by Gasteiger charge is 2.10. The van der Waals surface area contributed by atoms with Crippen molar-refractivity contribution in [1.82, 2.24) is 4.98 Å². The Hall–Kier alpha value is -1.35. The second-order valence-electron chi connectivity index (χ2n) is 4.74. The van der Waals surface area contributed by atoms with Crippen molar-refractivity contribution in [3.05, 3.63) is 34.2 Å². The third-order valence-electron chi connectivity index (χ3n) is 2.96. The summed E-state index contributed by atoms with van der Waals surface area (Å²) in [7, 11) is 0. The Morgan fingerprint density at radius 2 is 1.83 bits per heavy atom. The van der Waals surface area contributed by atoms with Crippen LogP contribution in [-0.4, -0.2) is 11.5 Å². The van der Waals surface area contributed by atoms with Gasteiger partial charge in [-0.2, -0.15) is 0 Å². The van der Waals surface area contributed by atoms with Crippen molar-refractivity contribution < 1.29 is 0 Å². The third-order valence-corrected chi connectivity index (χ3v) is 3.76. The van der Waals surface area contributed by atoms with E-state index >= 15 is 0 Å². The Balaban J connectivity index is 2.34. The summed E-state index contributed by atoms with van der Waals surface area (Å²) in [6, 6.07) is 4.45. The van der Waals surface area contributed by atoms with Gasteiger partial charge >= 0.3 is 0 Å². The summed E-state index contributed by atoms with van der Waals surface area (Å²) in [5, 5.41) is 6.50. The molecule has 0 radical (unpaired) electrons. The van der Waals surface area contributed by atoms with Gasteiger partial charge in [-0.1, -0.05) is 24.6 Å². The molecule has 1 aromatic heterocycles. The van der Waals surface area contributed by atoms with Crippen LogP contribution in [0.25, 0.3) is 11.3 Å². The average molecular weight is 260 g/mol. The van der Waals surface area contributed by atoms with Crippen molar-refractivity contribution >= 4 is 16.5 Å². The van der Waals surface area contributed by atoms with E-state index in [1.165, 1.54) is 22.3 Å². The average Bonchev–Trinajstić information content (AvgIpc) is 2.73. The number of nitrogens with one attached hydrogen (secondary N) is 1. The number of hydrogen-bond donors (Lipinski definition) is 1. The maximum Gasteiger partial charge on any atom is 0.183 e. The number of nitrogens with zero attached hydrogens (tertiary/aromatic N) is 1. The fourth-order valence-electron chi connectivity index (χ4n) is 2.29. The Labute approximate surface area is 113 Å². The van der Waals surface area contributed by atoms with E-state index in [0.717, 1.165) is 23.8 Å². The minimum Gasteiger partial charge on any atom is -0.362 e. The molecule has 0 aliphatic rings. The summed E-state index contributed by atoms with van der Waals surface area (Å²) < 4.78 is 0. The lowest BCUT2D eigenvalue weighted by Gasteiger charge is -2.08. The number of thiazole rings is 1. The van der Waals surface area contributed by atoms with Crippen molar-refractivity contribution in [1.29, 1.82) is 0 Å². The molecule has 0 unspecified atom stereocenters. The molecule has 0 aliphatic carbocycles. The van der Waals surface area contributed by atoms with E-state index in [1.54, 1.807) is 11.3 Å². The molecule has 1 heterocycles. The molecule has 2 rings (SSSR count). The molecule has 1 N–H and O–H groups in total. The molecule has 0 saturated carbocycles. The molecular weight excluding hydrogens is 240 g/mol. The predicted molar refractivity (Wildman–Crippen MR) is 80.5 cm³/mol. The number of benzene rings is 1. The van der Waals surface area contributed by atoms with Gasteiger partial charge in [-0.05, 0) is 38.3 Å². The smallest absolute Gasteiger partial charge is 0.183 e. The molecule has 0 bridgehead atoms. The van der Waals surface area contributed by atoms with Gasteiger partial charge in [0.15, 0.2) is 5.13 Å². The predicted octanol–water partition coefficient (Wildman–Crippen LogP) is 4.56. The zero-order valence-electron chi connectivity index (χ0n) is 11.5.